The van der Waals surface area contributed by atoms with Gasteiger partial charge in [-0.1, -0.05) is 35.3 Å². The minimum absolute atomic E-state index is 0.0656. The van der Waals surface area contributed by atoms with Gasteiger partial charge in [0.2, 0.25) is 15.9 Å². The Kier molecular flexibility index (Phi) is 8.92. The molecule has 39 heavy (non-hydrogen) atoms. The van der Waals surface area contributed by atoms with Gasteiger partial charge in [0, 0.05) is 46.0 Å². The summed E-state index contributed by atoms with van der Waals surface area (Å²) in [5.74, 6) is -0.934. The number of carbonyl (C=O) groups is 1. The average Bonchev–Trinajstić information content (AvgIpc) is 2.89. The van der Waals surface area contributed by atoms with E-state index in [0.717, 1.165) is 11.1 Å². The Morgan fingerprint density at radius 1 is 0.872 bits per heavy atom. The van der Waals surface area contributed by atoms with Gasteiger partial charge in [-0.25, -0.2) is 21.1 Å². The van der Waals surface area contributed by atoms with Gasteiger partial charge in [-0.2, -0.15) is 0 Å². The second kappa shape index (κ2) is 11.9. The summed E-state index contributed by atoms with van der Waals surface area (Å²) >= 11 is 12.3. The van der Waals surface area contributed by atoms with Gasteiger partial charge in [-0.3, -0.25) is 9.52 Å². The number of hydrogen-bond acceptors (Lipinski definition) is 5. The molecule has 8 nitrogen and oxygen atoms in total. The molecule has 0 unspecified atom stereocenters. The first-order chi connectivity index (χ1) is 18.4. The van der Waals surface area contributed by atoms with Gasteiger partial charge >= 0.3 is 0 Å². The molecule has 1 saturated heterocycles. The Hall–Kier alpha value is -2.63. The summed E-state index contributed by atoms with van der Waals surface area (Å²) in [5, 5.41) is 3.39. The van der Waals surface area contributed by atoms with E-state index in [1.54, 1.807) is 30.3 Å². The van der Waals surface area contributed by atoms with Crippen LogP contribution < -0.4 is 10.0 Å². The van der Waals surface area contributed by atoms with Crippen molar-refractivity contribution in [1.82, 2.24) is 4.31 Å². The van der Waals surface area contributed by atoms with E-state index in [0.29, 0.717) is 39.8 Å². The van der Waals surface area contributed by atoms with E-state index in [9.17, 15) is 21.6 Å². The maximum absolute atomic E-state index is 12.9. The zero-order valence-electron chi connectivity index (χ0n) is 21.4. The molecule has 1 amide bonds. The van der Waals surface area contributed by atoms with Gasteiger partial charge in [-0.15, -0.1) is 0 Å². The lowest BCUT2D eigenvalue weighted by Gasteiger charge is -2.30. The summed E-state index contributed by atoms with van der Waals surface area (Å²) in [5.41, 5.74) is 3.32. The van der Waals surface area contributed by atoms with Crippen molar-refractivity contribution < 1.29 is 21.6 Å². The summed E-state index contributed by atoms with van der Waals surface area (Å²) < 4.78 is 55.4. The lowest BCUT2D eigenvalue weighted by Crippen LogP contribution is -2.42. The summed E-state index contributed by atoms with van der Waals surface area (Å²) in [4.78, 5) is 12.9. The Morgan fingerprint density at radius 3 is 2.05 bits per heavy atom. The SMILES string of the molecule is Cc1ccc(NS(=O)(=O)c2ccc(NC(=O)C3CCN(S(=O)(=O)Cc4c(Cl)cccc4Cl)CC3)cc2)cc1C. The number of anilines is 2. The number of nitrogens with one attached hydrogen (secondary N) is 2. The van der Waals surface area contributed by atoms with E-state index in [1.807, 2.05) is 19.9 Å². The van der Waals surface area contributed by atoms with Crippen LogP contribution in [0.15, 0.2) is 65.6 Å². The lowest BCUT2D eigenvalue weighted by atomic mass is 9.97. The minimum atomic E-state index is -3.80. The smallest absolute Gasteiger partial charge is 0.261 e. The predicted octanol–water partition coefficient (Wildman–Crippen LogP) is 5.59. The molecule has 0 saturated carbocycles. The van der Waals surface area contributed by atoms with Crippen molar-refractivity contribution in [3.63, 3.8) is 0 Å². The summed E-state index contributed by atoms with van der Waals surface area (Å²) in [6.07, 6.45) is 0.710. The number of sulfonamides is 2. The molecule has 1 aliphatic heterocycles. The molecule has 0 aromatic heterocycles. The third-order valence-corrected chi connectivity index (χ3v) is 10.7. The molecular formula is C27H29Cl2N3O5S2. The van der Waals surface area contributed by atoms with E-state index >= 15 is 0 Å². The lowest BCUT2D eigenvalue weighted by molar-refractivity contribution is -0.120. The molecule has 1 fully saturated rings. The van der Waals surface area contributed by atoms with Crippen molar-refractivity contribution >= 4 is 60.5 Å². The topological polar surface area (TPSA) is 113 Å². The number of hydrogen-bond donors (Lipinski definition) is 2. The standard InChI is InChI=1S/C27H29Cl2N3O5S2/c1-18-6-7-22(16-19(18)2)31-39(36,37)23-10-8-21(9-11-23)30-27(33)20-12-14-32(15-13-20)38(34,35)17-24-25(28)4-3-5-26(24)29/h3-11,16,20,31H,12-15,17H2,1-2H3,(H,30,33). The highest BCUT2D eigenvalue weighted by molar-refractivity contribution is 7.92. The zero-order chi connectivity index (χ0) is 28.4. The van der Waals surface area contributed by atoms with Crippen LogP contribution >= 0.6 is 23.2 Å². The van der Waals surface area contributed by atoms with Gasteiger partial charge in [-0.05, 0) is 86.3 Å². The van der Waals surface area contributed by atoms with Crippen molar-refractivity contribution in [1.29, 1.82) is 0 Å². The van der Waals surface area contributed by atoms with Crippen LogP contribution in [-0.4, -0.2) is 40.1 Å². The molecule has 3 aromatic rings. The number of aryl methyl sites for hydroxylation is 2. The monoisotopic (exact) mass is 609 g/mol. The Balaban J connectivity index is 1.33. The molecule has 12 heteroatoms. The molecule has 0 aliphatic carbocycles. The summed E-state index contributed by atoms with van der Waals surface area (Å²) in [7, 11) is -7.46. The van der Waals surface area contributed by atoms with Crippen LogP contribution in [0.5, 0.6) is 0 Å². The second-order valence-electron chi connectivity index (χ2n) is 9.55. The number of nitrogens with zero attached hydrogens (tertiary/aromatic N) is 1. The predicted molar refractivity (Wildman–Crippen MR) is 155 cm³/mol. The highest BCUT2D eigenvalue weighted by atomic mass is 35.5. The number of amides is 1. The Morgan fingerprint density at radius 2 is 1.46 bits per heavy atom. The molecule has 1 aliphatic rings. The normalized spacial score (nSPS) is 15.2. The van der Waals surface area contributed by atoms with Gasteiger partial charge in [0.15, 0.2) is 0 Å². The highest BCUT2D eigenvalue weighted by Crippen LogP contribution is 2.29. The Labute approximate surface area is 239 Å². The first-order valence-corrected chi connectivity index (χ1v) is 16.1. The van der Waals surface area contributed by atoms with Crippen molar-refractivity contribution in [2.24, 2.45) is 5.92 Å². The van der Waals surface area contributed by atoms with Crippen LogP contribution in [0.2, 0.25) is 10.0 Å². The van der Waals surface area contributed by atoms with E-state index < -0.39 is 20.0 Å². The fourth-order valence-corrected chi connectivity index (χ4v) is 7.69. The van der Waals surface area contributed by atoms with E-state index in [-0.39, 0.29) is 35.6 Å². The number of rotatable bonds is 8. The van der Waals surface area contributed by atoms with E-state index in [4.69, 9.17) is 23.2 Å². The highest BCUT2D eigenvalue weighted by Gasteiger charge is 2.32. The third-order valence-electron chi connectivity index (χ3n) is 6.80. The van der Waals surface area contributed by atoms with Crippen molar-refractivity contribution in [2.45, 2.75) is 37.3 Å². The molecule has 1 heterocycles. The molecule has 208 valence electrons. The number of benzene rings is 3. The van der Waals surface area contributed by atoms with E-state index in [2.05, 4.69) is 10.0 Å². The fraction of sp³-hybridized carbons (Fsp3) is 0.296. The number of halogens is 2. The van der Waals surface area contributed by atoms with E-state index in [1.165, 1.54) is 28.6 Å². The molecule has 0 bridgehead atoms. The van der Waals surface area contributed by atoms with Crippen molar-refractivity contribution in [3.8, 4) is 0 Å². The van der Waals surface area contributed by atoms with Gasteiger partial charge in [0.1, 0.15) is 0 Å². The average molecular weight is 611 g/mol. The van der Waals surface area contributed by atoms with Crippen molar-refractivity contribution in [3.05, 3.63) is 87.4 Å². The Bertz CT molecular complexity index is 1570. The van der Waals surface area contributed by atoms with Crippen LogP contribution in [0, 0.1) is 19.8 Å². The minimum Gasteiger partial charge on any atom is -0.326 e. The largest absolute Gasteiger partial charge is 0.326 e. The molecule has 2 N–H and O–H groups in total. The van der Waals surface area contributed by atoms with Crippen LogP contribution in [-0.2, 0) is 30.6 Å². The van der Waals surface area contributed by atoms with Crippen LogP contribution in [0.3, 0.4) is 0 Å². The van der Waals surface area contributed by atoms with Crippen LogP contribution in [0.4, 0.5) is 11.4 Å². The molecular weight excluding hydrogens is 581 g/mol. The molecule has 0 atom stereocenters. The van der Waals surface area contributed by atoms with Crippen molar-refractivity contribution in [2.75, 3.05) is 23.1 Å². The number of carbonyl (C=O) groups excluding carboxylic acids is 1. The maximum atomic E-state index is 12.9. The molecule has 0 spiro atoms. The first-order valence-electron chi connectivity index (χ1n) is 12.3. The fourth-order valence-electron chi connectivity index (χ4n) is 4.32. The molecule has 3 aromatic carbocycles. The molecule has 4 rings (SSSR count). The third kappa shape index (κ3) is 7.12. The zero-order valence-corrected chi connectivity index (χ0v) is 24.6. The maximum Gasteiger partial charge on any atom is 0.261 e. The quantitative estimate of drug-likeness (QED) is 0.345. The van der Waals surface area contributed by atoms with Gasteiger partial charge in [0.25, 0.3) is 10.0 Å². The summed E-state index contributed by atoms with van der Waals surface area (Å²) in [6, 6.07) is 16.1. The first kappa shape index (κ1) is 29.4. The van der Waals surface area contributed by atoms with Gasteiger partial charge < -0.3 is 5.32 Å². The van der Waals surface area contributed by atoms with Crippen LogP contribution in [0.1, 0.15) is 29.5 Å². The van der Waals surface area contributed by atoms with Gasteiger partial charge in [0.05, 0.1) is 10.6 Å². The summed E-state index contributed by atoms with van der Waals surface area (Å²) in [6.45, 7) is 4.25. The van der Waals surface area contributed by atoms with Crippen LogP contribution in [0.25, 0.3) is 0 Å². The second-order valence-corrected chi connectivity index (χ2v) is 14.0. The number of piperidine rings is 1. The molecule has 0 radical (unpaired) electrons.